The molecular formula is C27H26N2O4. The second kappa shape index (κ2) is 8.82. The molecule has 1 aliphatic heterocycles. The van der Waals surface area contributed by atoms with Crippen LogP contribution in [0.25, 0.3) is 5.57 Å². The Morgan fingerprint density at radius 2 is 1.48 bits per heavy atom. The number of hydrogen-bond acceptors (Lipinski definition) is 5. The van der Waals surface area contributed by atoms with Crippen LogP contribution in [0.2, 0.25) is 0 Å². The standard InChI is InChI=1S/C27H26N2O4/c1-16-10-12-20(18(3)14-16)24-25(28-19-11-13-22(32-4)23(15-19)33-5)27(31)29(26(24)30)21-9-7-6-8-17(21)2/h6-15,28H,1-5H3. The molecule has 6 heteroatoms. The summed E-state index contributed by atoms with van der Waals surface area (Å²) in [6.07, 6.45) is 0. The van der Waals surface area contributed by atoms with Crippen LogP contribution in [0.15, 0.2) is 66.4 Å². The van der Waals surface area contributed by atoms with Crippen molar-refractivity contribution < 1.29 is 19.1 Å². The number of nitrogens with zero attached hydrogens (tertiary/aromatic N) is 1. The molecular weight excluding hydrogens is 416 g/mol. The van der Waals surface area contributed by atoms with Gasteiger partial charge in [0.25, 0.3) is 11.8 Å². The first kappa shape index (κ1) is 22.1. The van der Waals surface area contributed by atoms with Gasteiger partial charge in [-0.3, -0.25) is 9.59 Å². The Labute approximate surface area is 193 Å². The number of nitrogens with one attached hydrogen (secondary N) is 1. The molecule has 0 atom stereocenters. The maximum atomic E-state index is 13.7. The summed E-state index contributed by atoms with van der Waals surface area (Å²) >= 11 is 0. The van der Waals surface area contributed by atoms with E-state index >= 15 is 0 Å². The Morgan fingerprint density at radius 1 is 0.758 bits per heavy atom. The number of aryl methyl sites for hydroxylation is 3. The molecule has 3 aromatic carbocycles. The smallest absolute Gasteiger partial charge is 0.282 e. The number of para-hydroxylation sites is 1. The van der Waals surface area contributed by atoms with E-state index in [-0.39, 0.29) is 11.6 Å². The lowest BCUT2D eigenvalue weighted by atomic mass is 9.97. The third kappa shape index (κ3) is 3.96. The SMILES string of the molecule is COc1ccc(NC2=C(c3ccc(C)cc3C)C(=O)N(c3ccccc3C)C2=O)cc1OC. The first-order chi connectivity index (χ1) is 15.8. The molecule has 0 saturated carbocycles. The highest BCUT2D eigenvalue weighted by Crippen LogP contribution is 2.37. The summed E-state index contributed by atoms with van der Waals surface area (Å²) in [5.41, 5.74) is 5.31. The van der Waals surface area contributed by atoms with Gasteiger partial charge in [-0.15, -0.1) is 0 Å². The third-order valence-electron chi connectivity index (χ3n) is 5.74. The first-order valence-corrected chi connectivity index (χ1v) is 10.6. The summed E-state index contributed by atoms with van der Waals surface area (Å²) in [7, 11) is 3.11. The van der Waals surface area contributed by atoms with Crippen molar-refractivity contribution in [2.75, 3.05) is 24.4 Å². The zero-order valence-electron chi connectivity index (χ0n) is 19.4. The fraction of sp³-hybridized carbons (Fsp3) is 0.185. The summed E-state index contributed by atoms with van der Waals surface area (Å²) in [6.45, 7) is 5.82. The van der Waals surface area contributed by atoms with Crippen molar-refractivity contribution in [2.24, 2.45) is 0 Å². The van der Waals surface area contributed by atoms with Gasteiger partial charge in [-0.2, -0.15) is 0 Å². The van der Waals surface area contributed by atoms with E-state index in [1.54, 1.807) is 38.5 Å². The quantitative estimate of drug-likeness (QED) is 0.543. The van der Waals surface area contributed by atoms with Crippen molar-refractivity contribution in [3.05, 3.63) is 88.6 Å². The molecule has 168 valence electrons. The van der Waals surface area contributed by atoms with E-state index in [1.165, 1.54) is 4.90 Å². The maximum absolute atomic E-state index is 13.7. The molecule has 1 heterocycles. The van der Waals surface area contributed by atoms with Crippen LogP contribution < -0.4 is 19.7 Å². The van der Waals surface area contributed by atoms with Crippen molar-refractivity contribution in [1.82, 2.24) is 0 Å². The average Bonchev–Trinajstić information content (AvgIpc) is 3.03. The molecule has 0 spiro atoms. The topological polar surface area (TPSA) is 67.9 Å². The summed E-state index contributed by atoms with van der Waals surface area (Å²) in [5, 5.41) is 3.19. The number of carbonyl (C=O) groups excluding carboxylic acids is 2. The van der Waals surface area contributed by atoms with Crippen molar-refractivity contribution in [1.29, 1.82) is 0 Å². The number of rotatable bonds is 6. The fourth-order valence-corrected chi connectivity index (χ4v) is 4.08. The number of hydrogen-bond donors (Lipinski definition) is 1. The molecule has 0 unspecified atom stereocenters. The van der Waals surface area contributed by atoms with Crippen LogP contribution in [0.5, 0.6) is 11.5 Å². The fourth-order valence-electron chi connectivity index (χ4n) is 4.08. The predicted octanol–water partition coefficient (Wildman–Crippen LogP) is 5.03. The van der Waals surface area contributed by atoms with Crippen LogP contribution in [0.1, 0.15) is 22.3 Å². The second-order valence-electron chi connectivity index (χ2n) is 8.00. The molecule has 4 rings (SSSR count). The molecule has 6 nitrogen and oxygen atoms in total. The zero-order chi connectivity index (χ0) is 23.7. The average molecular weight is 443 g/mol. The lowest BCUT2D eigenvalue weighted by molar-refractivity contribution is -0.120. The van der Waals surface area contributed by atoms with Crippen LogP contribution in [0, 0.1) is 20.8 Å². The van der Waals surface area contributed by atoms with Gasteiger partial charge in [0.1, 0.15) is 5.70 Å². The number of amides is 2. The van der Waals surface area contributed by atoms with Gasteiger partial charge in [-0.1, -0.05) is 42.0 Å². The van der Waals surface area contributed by atoms with Crippen molar-refractivity contribution in [2.45, 2.75) is 20.8 Å². The number of methoxy groups -OCH3 is 2. The van der Waals surface area contributed by atoms with Gasteiger partial charge in [-0.25, -0.2) is 4.90 Å². The lowest BCUT2D eigenvalue weighted by Crippen LogP contribution is -2.33. The van der Waals surface area contributed by atoms with Crippen LogP contribution in [0.3, 0.4) is 0 Å². The molecule has 1 aliphatic rings. The molecule has 0 fully saturated rings. The molecule has 33 heavy (non-hydrogen) atoms. The Hall–Kier alpha value is -4.06. The number of benzene rings is 3. The lowest BCUT2D eigenvalue weighted by Gasteiger charge is -2.18. The Kier molecular flexibility index (Phi) is 5.92. The first-order valence-electron chi connectivity index (χ1n) is 10.6. The summed E-state index contributed by atoms with van der Waals surface area (Å²) < 4.78 is 10.7. The molecule has 3 aromatic rings. The molecule has 0 radical (unpaired) electrons. The maximum Gasteiger partial charge on any atom is 0.282 e. The second-order valence-corrected chi connectivity index (χ2v) is 8.00. The summed E-state index contributed by atoms with van der Waals surface area (Å²) in [4.78, 5) is 28.6. The van der Waals surface area contributed by atoms with Gasteiger partial charge < -0.3 is 14.8 Å². The van der Waals surface area contributed by atoms with Gasteiger partial charge in [0.05, 0.1) is 25.5 Å². The minimum Gasteiger partial charge on any atom is -0.493 e. The van der Waals surface area contributed by atoms with E-state index < -0.39 is 5.91 Å². The van der Waals surface area contributed by atoms with Crippen molar-refractivity contribution in [3.63, 3.8) is 0 Å². The van der Waals surface area contributed by atoms with Crippen molar-refractivity contribution >= 4 is 28.8 Å². The molecule has 0 aromatic heterocycles. The highest BCUT2D eigenvalue weighted by molar-refractivity contribution is 6.46. The summed E-state index contributed by atoms with van der Waals surface area (Å²) in [6, 6.07) is 18.5. The van der Waals surface area contributed by atoms with E-state index in [9.17, 15) is 9.59 Å². The molecule has 0 saturated heterocycles. The largest absolute Gasteiger partial charge is 0.493 e. The van der Waals surface area contributed by atoms with Crippen LogP contribution in [-0.4, -0.2) is 26.0 Å². The number of imide groups is 1. The third-order valence-corrected chi connectivity index (χ3v) is 5.74. The zero-order valence-corrected chi connectivity index (χ0v) is 19.4. The van der Waals surface area contributed by atoms with E-state index in [0.717, 1.165) is 22.3 Å². The highest BCUT2D eigenvalue weighted by atomic mass is 16.5. The van der Waals surface area contributed by atoms with E-state index in [0.29, 0.717) is 28.4 Å². The van der Waals surface area contributed by atoms with Crippen LogP contribution >= 0.6 is 0 Å². The minimum atomic E-state index is -0.404. The molecule has 1 N–H and O–H groups in total. The molecule has 0 aliphatic carbocycles. The van der Waals surface area contributed by atoms with Gasteiger partial charge >= 0.3 is 0 Å². The Bertz CT molecular complexity index is 1290. The van der Waals surface area contributed by atoms with E-state index in [2.05, 4.69) is 5.32 Å². The van der Waals surface area contributed by atoms with Gasteiger partial charge in [0, 0.05) is 11.8 Å². The number of ether oxygens (including phenoxy) is 2. The Balaban J connectivity index is 1.86. The van der Waals surface area contributed by atoms with E-state index in [4.69, 9.17) is 9.47 Å². The van der Waals surface area contributed by atoms with Gasteiger partial charge in [0.15, 0.2) is 11.5 Å². The van der Waals surface area contributed by atoms with E-state index in [1.807, 2.05) is 57.2 Å². The molecule has 2 amide bonds. The minimum absolute atomic E-state index is 0.224. The van der Waals surface area contributed by atoms with Crippen LogP contribution in [-0.2, 0) is 9.59 Å². The van der Waals surface area contributed by atoms with Crippen LogP contribution in [0.4, 0.5) is 11.4 Å². The van der Waals surface area contributed by atoms with Gasteiger partial charge in [0.2, 0.25) is 0 Å². The summed E-state index contributed by atoms with van der Waals surface area (Å²) in [5.74, 6) is 0.328. The number of carbonyl (C=O) groups is 2. The molecule has 0 bridgehead atoms. The number of anilines is 2. The van der Waals surface area contributed by atoms with Gasteiger partial charge in [-0.05, 0) is 55.7 Å². The Morgan fingerprint density at radius 3 is 2.15 bits per heavy atom. The monoisotopic (exact) mass is 442 g/mol. The van der Waals surface area contributed by atoms with Crippen molar-refractivity contribution in [3.8, 4) is 11.5 Å². The highest BCUT2D eigenvalue weighted by Gasteiger charge is 2.41. The predicted molar refractivity (Wildman–Crippen MR) is 130 cm³/mol. The normalized spacial score (nSPS) is 13.5.